The smallest absolute Gasteiger partial charge is 0.0327 e. The van der Waals surface area contributed by atoms with E-state index in [1.807, 2.05) is 0 Å². The van der Waals surface area contributed by atoms with Crippen LogP contribution >= 0.6 is 0 Å². The third-order valence-electron chi connectivity index (χ3n) is 2.85. The first-order valence-electron chi connectivity index (χ1n) is 4.55. The summed E-state index contributed by atoms with van der Waals surface area (Å²) in [6.45, 7) is 7.07. The van der Waals surface area contributed by atoms with Crippen LogP contribution in [0.5, 0.6) is 0 Å². The Morgan fingerprint density at radius 1 is 1.10 bits per heavy atom. The standard InChI is InChI=1S/C10H19/c1-8-5-4-6-9(2)10(3)7-8/h7-10H,4-6H2,1-3H3. The first-order valence-corrected chi connectivity index (χ1v) is 4.55. The summed E-state index contributed by atoms with van der Waals surface area (Å²) in [4.78, 5) is 0. The topological polar surface area (TPSA) is 0 Å². The van der Waals surface area contributed by atoms with Crippen LogP contribution in [0.15, 0.2) is 0 Å². The van der Waals surface area contributed by atoms with Crippen molar-refractivity contribution in [3.8, 4) is 0 Å². The summed E-state index contributed by atoms with van der Waals surface area (Å²) in [5.74, 6) is 2.63. The number of hydrogen-bond donors (Lipinski definition) is 0. The normalized spacial score (nSPS) is 42.9. The Morgan fingerprint density at radius 3 is 2.50 bits per heavy atom. The molecule has 1 rings (SSSR count). The molecule has 0 aliphatic heterocycles. The lowest BCUT2D eigenvalue weighted by Gasteiger charge is -2.16. The van der Waals surface area contributed by atoms with Gasteiger partial charge in [0.2, 0.25) is 0 Å². The van der Waals surface area contributed by atoms with Gasteiger partial charge in [-0.05, 0) is 24.2 Å². The number of hydrogen-bond acceptors (Lipinski definition) is 0. The lowest BCUT2D eigenvalue weighted by molar-refractivity contribution is 0.413. The fourth-order valence-electron chi connectivity index (χ4n) is 1.83. The zero-order valence-electron chi connectivity index (χ0n) is 7.43. The predicted molar refractivity (Wildman–Crippen MR) is 45.6 cm³/mol. The molecule has 1 radical (unpaired) electrons. The van der Waals surface area contributed by atoms with Crippen LogP contribution in [-0.4, -0.2) is 0 Å². The molecule has 0 heterocycles. The minimum Gasteiger partial charge on any atom is -0.0622 e. The highest BCUT2D eigenvalue weighted by atomic mass is 14.2. The maximum Gasteiger partial charge on any atom is -0.0327 e. The highest BCUT2D eigenvalue weighted by Crippen LogP contribution is 2.30. The Labute approximate surface area is 65.0 Å². The molecule has 0 N–H and O–H groups in total. The lowest BCUT2D eigenvalue weighted by Crippen LogP contribution is -2.07. The van der Waals surface area contributed by atoms with Gasteiger partial charge in [-0.1, -0.05) is 40.0 Å². The molecular weight excluding hydrogens is 120 g/mol. The Morgan fingerprint density at radius 2 is 1.80 bits per heavy atom. The fraction of sp³-hybridized carbons (Fsp3) is 0.900. The molecular formula is C10H19. The van der Waals surface area contributed by atoms with Crippen molar-refractivity contribution in [3.05, 3.63) is 6.42 Å². The maximum atomic E-state index is 2.53. The van der Waals surface area contributed by atoms with Crippen LogP contribution in [0.2, 0.25) is 0 Å². The molecule has 0 amide bonds. The second-order valence-electron chi connectivity index (χ2n) is 3.94. The molecule has 0 saturated heterocycles. The molecule has 0 nitrogen and oxygen atoms in total. The average Bonchev–Trinajstić information content (AvgIpc) is 1.96. The van der Waals surface area contributed by atoms with Crippen LogP contribution < -0.4 is 0 Å². The van der Waals surface area contributed by atoms with Crippen molar-refractivity contribution >= 4 is 0 Å². The van der Waals surface area contributed by atoms with Crippen molar-refractivity contribution < 1.29 is 0 Å². The van der Waals surface area contributed by atoms with E-state index in [0.717, 1.165) is 17.8 Å². The summed E-state index contributed by atoms with van der Waals surface area (Å²) in [7, 11) is 0. The van der Waals surface area contributed by atoms with Gasteiger partial charge in [-0.25, -0.2) is 0 Å². The van der Waals surface area contributed by atoms with E-state index >= 15 is 0 Å². The van der Waals surface area contributed by atoms with Crippen LogP contribution in [0.1, 0.15) is 40.0 Å². The molecule has 59 valence electrons. The van der Waals surface area contributed by atoms with E-state index in [0.29, 0.717) is 0 Å². The van der Waals surface area contributed by atoms with Gasteiger partial charge < -0.3 is 0 Å². The summed E-state index contributed by atoms with van der Waals surface area (Å²) in [6.07, 6.45) is 6.80. The summed E-state index contributed by atoms with van der Waals surface area (Å²) < 4.78 is 0. The fourth-order valence-corrected chi connectivity index (χ4v) is 1.83. The van der Waals surface area contributed by atoms with E-state index in [9.17, 15) is 0 Å². The van der Waals surface area contributed by atoms with E-state index in [-0.39, 0.29) is 0 Å². The molecule has 0 aromatic rings. The third kappa shape index (κ3) is 2.00. The zero-order chi connectivity index (χ0) is 7.56. The van der Waals surface area contributed by atoms with E-state index < -0.39 is 0 Å². The summed E-state index contributed by atoms with van der Waals surface area (Å²) in [6, 6.07) is 0. The van der Waals surface area contributed by atoms with E-state index in [2.05, 4.69) is 27.2 Å². The van der Waals surface area contributed by atoms with Gasteiger partial charge in [0.15, 0.2) is 0 Å². The molecule has 3 unspecified atom stereocenters. The first kappa shape index (κ1) is 8.10. The predicted octanol–water partition coefficient (Wildman–Crippen LogP) is 3.28. The first-order chi connectivity index (χ1) is 4.70. The monoisotopic (exact) mass is 139 g/mol. The van der Waals surface area contributed by atoms with Gasteiger partial charge in [0.25, 0.3) is 0 Å². The van der Waals surface area contributed by atoms with Gasteiger partial charge in [0.05, 0.1) is 0 Å². The second kappa shape index (κ2) is 3.41. The Balaban J connectivity index is 2.41. The SMILES string of the molecule is CC1[CH]C(C)C(C)CCC1. The molecule has 0 spiro atoms. The van der Waals surface area contributed by atoms with E-state index in [1.165, 1.54) is 19.3 Å². The highest BCUT2D eigenvalue weighted by molar-refractivity contribution is 4.84. The van der Waals surface area contributed by atoms with Gasteiger partial charge in [-0.15, -0.1) is 0 Å². The minimum atomic E-state index is 0.845. The van der Waals surface area contributed by atoms with Gasteiger partial charge in [-0.3, -0.25) is 0 Å². The van der Waals surface area contributed by atoms with Crippen molar-refractivity contribution in [1.82, 2.24) is 0 Å². The third-order valence-corrected chi connectivity index (χ3v) is 2.85. The quantitative estimate of drug-likeness (QED) is 0.452. The largest absolute Gasteiger partial charge is 0.0622 e. The van der Waals surface area contributed by atoms with Gasteiger partial charge in [0.1, 0.15) is 0 Å². The van der Waals surface area contributed by atoms with Crippen LogP contribution in [0.3, 0.4) is 0 Å². The zero-order valence-corrected chi connectivity index (χ0v) is 7.43. The summed E-state index contributed by atoms with van der Waals surface area (Å²) in [5.41, 5.74) is 0. The molecule has 1 aliphatic rings. The maximum absolute atomic E-state index is 2.53. The molecule has 1 fully saturated rings. The van der Waals surface area contributed by atoms with Crippen molar-refractivity contribution in [2.75, 3.05) is 0 Å². The molecule has 1 saturated carbocycles. The molecule has 10 heavy (non-hydrogen) atoms. The average molecular weight is 139 g/mol. The van der Waals surface area contributed by atoms with Gasteiger partial charge in [-0.2, -0.15) is 0 Å². The Bertz CT molecular complexity index is 96.2. The summed E-state index contributed by atoms with van der Waals surface area (Å²) >= 11 is 0. The lowest BCUT2D eigenvalue weighted by atomic mass is 9.89. The van der Waals surface area contributed by atoms with Crippen LogP contribution in [0.4, 0.5) is 0 Å². The van der Waals surface area contributed by atoms with Gasteiger partial charge >= 0.3 is 0 Å². The molecule has 3 atom stereocenters. The Hall–Kier alpha value is 0. The van der Waals surface area contributed by atoms with Crippen molar-refractivity contribution in [3.63, 3.8) is 0 Å². The molecule has 0 aromatic carbocycles. The van der Waals surface area contributed by atoms with Gasteiger partial charge in [0, 0.05) is 0 Å². The molecule has 0 bridgehead atoms. The highest BCUT2D eigenvalue weighted by Gasteiger charge is 2.19. The minimum absolute atomic E-state index is 0.845. The Kier molecular flexibility index (Phi) is 2.76. The van der Waals surface area contributed by atoms with Crippen molar-refractivity contribution in [2.24, 2.45) is 17.8 Å². The molecule has 0 aromatic heterocycles. The number of rotatable bonds is 0. The van der Waals surface area contributed by atoms with E-state index in [4.69, 9.17) is 0 Å². The molecule has 1 aliphatic carbocycles. The second-order valence-corrected chi connectivity index (χ2v) is 3.94. The molecule has 0 heteroatoms. The van der Waals surface area contributed by atoms with Crippen LogP contribution in [-0.2, 0) is 0 Å². The van der Waals surface area contributed by atoms with Crippen LogP contribution in [0.25, 0.3) is 0 Å². The van der Waals surface area contributed by atoms with E-state index in [1.54, 1.807) is 0 Å². The van der Waals surface area contributed by atoms with Crippen molar-refractivity contribution in [2.45, 2.75) is 40.0 Å². The van der Waals surface area contributed by atoms with Crippen molar-refractivity contribution in [1.29, 1.82) is 0 Å². The van der Waals surface area contributed by atoms with Crippen LogP contribution in [0, 0.1) is 24.2 Å². The summed E-state index contributed by atoms with van der Waals surface area (Å²) in [5, 5.41) is 0.